The van der Waals surface area contributed by atoms with Gasteiger partial charge >= 0.3 is 0 Å². The van der Waals surface area contributed by atoms with Crippen molar-refractivity contribution in [2.24, 2.45) is 5.92 Å². The lowest BCUT2D eigenvalue weighted by atomic mass is 10.0. The van der Waals surface area contributed by atoms with Gasteiger partial charge in [-0.05, 0) is 30.5 Å². The van der Waals surface area contributed by atoms with Gasteiger partial charge in [-0.3, -0.25) is 19.0 Å². The lowest BCUT2D eigenvalue weighted by Crippen LogP contribution is -2.45. The minimum absolute atomic E-state index is 0.00408. The number of hydrogen-bond acceptors (Lipinski definition) is 9. The van der Waals surface area contributed by atoms with Crippen LogP contribution in [-0.4, -0.2) is 83.9 Å². The maximum atomic E-state index is 14.2. The molecule has 222 valence electrons. The van der Waals surface area contributed by atoms with Crippen LogP contribution in [0.3, 0.4) is 0 Å². The second-order valence-electron chi connectivity index (χ2n) is 10.4. The van der Waals surface area contributed by atoms with Gasteiger partial charge in [-0.1, -0.05) is 18.2 Å². The molecule has 4 heterocycles. The predicted molar refractivity (Wildman–Crippen MR) is 158 cm³/mol. The number of carbonyl (C=O) groups excluding carboxylic acids is 2. The summed E-state index contributed by atoms with van der Waals surface area (Å²) in [4.78, 5) is 49.1. The molecular formula is C29H33ClN6O6. The van der Waals surface area contributed by atoms with Crippen LogP contribution in [0.2, 0.25) is 5.02 Å². The Bertz CT molecular complexity index is 1590. The molecule has 42 heavy (non-hydrogen) atoms. The van der Waals surface area contributed by atoms with Crippen molar-refractivity contribution in [3.05, 3.63) is 52.4 Å². The van der Waals surface area contributed by atoms with Crippen LogP contribution < -0.4 is 25.7 Å². The molecule has 2 aliphatic rings. The number of ether oxygens (including phenoxy) is 3. The maximum Gasteiger partial charge on any atom is 0.260 e. The Morgan fingerprint density at radius 3 is 2.67 bits per heavy atom. The molecule has 0 radical (unpaired) electrons. The predicted octanol–water partition coefficient (Wildman–Crippen LogP) is 2.48. The van der Waals surface area contributed by atoms with E-state index in [9.17, 15) is 14.4 Å². The first kappa shape index (κ1) is 29.3. The summed E-state index contributed by atoms with van der Waals surface area (Å²) in [6, 6.07) is 4.46. The molecule has 2 saturated heterocycles. The Hall–Kier alpha value is -4.16. The largest absolute Gasteiger partial charge is 0.497 e. The van der Waals surface area contributed by atoms with Gasteiger partial charge in [0.2, 0.25) is 17.8 Å². The highest BCUT2D eigenvalue weighted by atomic mass is 35.5. The normalized spacial score (nSPS) is 20.0. The van der Waals surface area contributed by atoms with Crippen LogP contribution >= 0.6 is 11.6 Å². The fraction of sp³-hybridized carbons (Fsp3) is 0.414. The number of amides is 2. The van der Waals surface area contributed by atoms with Crippen molar-refractivity contribution in [3.8, 4) is 22.6 Å². The molecule has 3 atom stereocenters. The third kappa shape index (κ3) is 5.90. The summed E-state index contributed by atoms with van der Waals surface area (Å²) >= 11 is 6.69. The van der Waals surface area contributed by atoms with E-state index in [2.05, 4.69) is 22.2 Å². The monoisotopic (exact) mass is 596 g/mol. The van der Waals surface area contributed by atoms with Gasteiger partial charge in [-0.15, -0.1) is 0 Å². The summed E-state index contributed by atoms with van der Waals surface area (Å²) in [5.74, 6) is 0.894. The van der Waals surface area contributed by atoms with Crippen LogP contribution in [0.4, 0.5) is 5.95 Å². The van der Waals surface area contributed by atoms with Gasteiger partial charge in [-0.2, -0.15) is 4.98 Å². The summed E-state index contributed by atoms with van der Waals surface area (Å²) < 4.78 is 18.1. The molecule has 2 fully saturated rings. The Balaban J connectivity index is 1.59. The number of likely N-dealkylation sites (tertiary alicyclic amines) is 1. The van der Waals surface area contributed by atoms with E-state index in [0.717, 1.165) is 6.42 Å². The molecule has 0 unspecified atom stereocenters. The maximum absolute atomic E-state index is 14.2. The highest BCUT2D eigenvalue weighted by molar-refractivity contribution is 6.35. The molecule has 13 heteroatoms. The van der Waals surface area contributed by atoms with Crippen molar-refractivity contribution in [3.63, 3.8) is 0 Å². The van der Waals surface area contributed by atoms with Crippen LogP contribution in [0.1, 0.15) is 13.3 Å². The summed E-state index contributed by atoms with van der Waals surface area (Å²) in [6.45, 7) is 7.23. The van der Waals surface area contributed by atoms with Gasteiger partial charge in [0, 0.05) is 55.3 Å². The molecule has 2 aromatic heterocycles. The zero-order valence-corrected chi connectivity index (χ0v) is 24.4. The van der Waals surface area contributed by atoms with Gasteiger partial charge in [-0.25, -0.2) is 4.98 Å². The minimum atomic E-state index is -0.305. The number of benzene rings is 1. The van der Waals surface area contributed by atoms with E-state index >= 15 is 0 Å². The zero-order valence-electron chi connectivity index (χ0n) is 23.7. The highest BCUT2D eigenvalue weighted by Crippen LogP contribution is 2.38. The second kappa shape index (κ2) is 12.4. The lowest BCUT2D eigenvalue weighted by Gasteiger charge is -2.21. The number of anilines is 1. The molecule has 5 rings (SSSR count). The van der Waals surface area contributed by atoms with Crippen molar-refractivity contribution >= 4 is 40.4 Å². The molecule has 2 aliphatic heterocycles. The first-order valence-corrected chi connectivity index (χ1v) is 13.9. The molecule has 3 aromatic rings. The first-order valence-electron chi connectivity index (χ1n) is 13.6. The number of aromatic nitrogens is 3. The van der Waals surface area contributed by atoms with Gasteiger partial charge in [0.15, 0.2) is 0 Å². The molecule has 2 N–H and O–H groups in total. The van der Waals surface area contributed by atoms with E-state index in [1.807, 2.05) is 0 Å². The highest BCUT2D eigenvalue weighted by Gasteiger charge is 2.30. The minimum Gasteiger partial charge on any atom is -0.497 e. The van der Waals surface area contributed by atoms with Crippen molar-refractivity contribution in [1.29, 1.82) is 0 Å². The second-order valence-corrected chi connectivity index (χ2v) is 10.7. The fourth-order valence-corrected chi connectivity index (χ4v) is 5.69. The van der Waals surface area contributed by atoms with E-state index in [4.69, 9.17) is 30.8 Å². The SMILES string of the molecule is C=CC(=O)N[C@H]1COC[C@H]1Nc1ncc2cc(-c3cc(OC)cc(OC)c3Cl)c(=O)n(C[C@H]3CCN(C(C)=O)C3)c2n1. The van der Waals surface area contributed by atoms with Crippen LogP contribution in [-0.2, 0) is 20.9 Å². The van der Waals surface area contributed by atoms with Crippen LogP contribution in [0.5, 0.6) is 11.5 Å². The Labute approximate surface area is 247 Å². The molecule has 0 aliphatic carbocycles. The molecule has 12 nitrogen and oxygen atoms in total. The van der Waals surface area contributed by atoms with E-state index in [0.29, 0.717) is 66.5 Å². The molecule has 2 amide bonds. The molecule has 1 aromatic carbocycles. The van der Waals surface area contributed by atoms with E-state index < -0.39 is 0 Å². The third-order valence-corrected chi connectivity index (χ3v) is 8.06. The quantitative estimate of drug-likeness (QED) is 0.357. The van der Waals surface area contributed by atoms with Crippen LogP contribution in [0.15, 0.2) is 41.8 Å². The number of methoxy groups -OCH3 is 2. The van der Waals surface area contributed by atoms with Gasteiger partial charge in [0.05, 0.1) is 44.5 Å². The zero-order chi connectivity index (χ0) is 30.0. The number of rotatable bonds is 9. The number of hydrogen-bond donors (Lipinski definition) is 2. The van der Waals surface area contributed by atoms with Crippen molar-refractivity contribution in [1.82, 2.24) is 24.8 Å². The number of carbonyl (C=O) groups is 2. The summed E-state index contributed by atoms with van der Waals surface area (Å²) in [5, 5.41) is 6.98. The van der Waals surface area contributed by atoms with Crippen molar-refractivity contribution in [2.45, 2.75) is 32.0 Å². The van der Waals surface area contributed by atoms with E-state index in [1.165, 1.54) is 20.3 Å². The Kier molecular flexibility index (Phi) is 8.64. The molecular weight excluding hydrogens is 564 g/mol. The van der Waals surface area contributed by atoms with E-state index in [1.54, 1.807) is 40.8 Å². The Morgan fingerprint density at radius 1 is 1.19 bits per heavy atom. The number of halogens is 1. The number of nitrogens with one attached hydrogen (secondary N) is 2. The number of nitrogens with zero attached hydrogens (tertiary/aromatic N) is 4. The number of fused-ring (bicyclic) bond motifs is 1. The van der Waals surface area contributed by atoms with Crippen molar-refractivity contribution < 1.29 is 23.8 Å². The third-order valence-electron chi connectivity index (χ3n) is 7.67. The number of pyridine rings is 1. The standard InChI is InChI=1S/C29H33ClN6O6/c1-5-25(38)32-22-14-42-15-23(22)33-29-31-11-18-8-21(20-9-19(40-3)10-24(41-4)26(20)30)28(39)36(27(18)34-29)13-17-6-7-35(12-17)16(2)37/h5,8-11,17,22-23H,1,6-7,12-15H2,2-4H3,(H,32,38)(H,31,33,34)/t17-,22-,23+/m0/s1. The molecule has 0 spiro atoms. The van der Waals surface area contributed by atoms with Gasteiger partial charge in [0.1, 0.15) is 17.1 Å². The van der Waals surface area contributed by atoms with Crippen LogP contribution in [0.25, 0.3) is 22.2 Å². The fourth-order valence-electron chi connectivity index (χ4n) is 5.40. The topological polar surface area (TPSA) is 137 Å². The van der Waals surface area contributed by atoms with Crippen LogP contribution in [0, 0.1) is 5.92 Å². The van der Waals surface area contributed by atoms with Gasteiger partial charge in [0.25, 0.3) is 5.56 Å². The molecule has 0 saturated carbocycles. The average molecular weight is 597 g/mol. The smallest absolute Gasteiger partial charge is 0.260 e. The summed E-state index contributed by atoms with van der Waals surface area (Å²) in [6.07, 6.45) is 3.60. The molecule has 0 bridgehead atoms. The Morgan fingerprint density at radius 2 is 1.98 bits per heavy atom. The average Bonchev–Trinajstić information content (AvgIpc) is 3.64. The first-order chi connectivity index (χ1) is 20.2. The summed E-state index contributed by atoms with van der Waals surface area (Å²) in [7, 11) is 3.02. The lowest BCUT2D eigenvalue weighted by molar-refractivity contribution is -0.128. The van der Waals surface area contributed by atoms with Gasteiger partial charge < -0.3 is 29.7 Å². The summed E-state index contributed by atoms with van der Waals surface area (Å²) in [5.41, 5.74) is 0.924. The van der Waals surface area contributed by atoms with Crippen molar-refractivity contribution in [2.75, 3.05) is 45.8 Å². The van der Waals surface area contributed by atoms with E-state index in [-0.39, 0.29) is 46.3 Å².